The fourth-order valence-corrected chi connectivity index (χ4v) is 3.52. The van der Waals surface area contributed by atoms with E-state index in [-0.39, 0.29) is 0 Å². The van der Waals surface area contributed by atoms with E-state index in [4.69, 9.17) is 27.6 Å². The minimum Gasteiger partial charge on any atom is -0.455 e. The van der Waals surface area contributed by atoms with Crippen LogP contribution < -0.4 is 5.43 Å². The second kappa shape index (κ2) is 6.88. The lowest BCUT2D eigenvalue weighted by molar-refractivity contribution is 0.575. The Kier molecular flexibility index (Phi) is 4.44. The lowest BCUT2D eigenvalue weighted by Crippen LogP contribution is -1.88. The number of hydrogen-bond donors (Lipinski definition) is 1. The van der Waals surface area contributed by atoms with E-state index in [9.17, 15) is 0 Å². The maximum atomic E-state index is 6.19. The molecule has 4 rings (SSSR count). The van der Waals surface area contributed by atoms with Crippen LogP contribution in [0, 0.1) is 0 Å². The van der Waals surface area contributed by atoms with Crippen LogP contribution in [0.5, 0.6) is 0 Å². The lowest BCUT2D eigenvalue weighted by atomic mass is 10.2. The highest BCUT2D eigenvalue weighted by Crippen LogP contribution is 2.31. The summed E-state index contributed by atoms with van der Waals surface area (Å²) in [4.78, 5) is 4.45. The molecule has 0 aliphatic heterocycles. The summed E-state index contributed by atoms with van der Waals surface area (Å²) in [5.41, 5.74) is 4.61. The van der Waals surface area contributed by atoms with Gasteiger partial charge in [-0.25, -0.2) is 4.98 Å². The minimum absolute atomic E-state index is 0.579. The molecule has 0 saturated carbocycles. The number of rotatable bonds is 4. The molecule has 2 aromatic carbocycles. The third-order valence-electron chi connectivity index (χ3n) is 3.47. The van der Waals surface area contributed by atoms with E-state index in [0.717, 1.165) is 20.9 Å². The van der Waals surface area contributed by atoms with E-state index in [1.165, 1.54) is 11.3 Å². The molecule has 1 N–H and O–H groups in total. The van der Waals surface area contributed by atoms with Crippen molar-refractivity contribution in [3.63, 3.8) is 0 Å². The largest absolute Gasteiger partial charge is 0.455 e. The average molecular weight is 388 g/mol. The molecule has 124 valence electrons. The van der Waals surface area contributed by atoms with Gasteiger partial charge in [-0.2, -0.15) is 5.10 Å². The Morgan fingerprint density at radius 1 is 1.08 bits per heavy atom. The van der Waals surface area contributed by atoms with Gasteiger partial charge in [0.2, 0.25) is 5.13 Å². The van der Waals surface area contributed by atoms with Crippen LogP contribution in [-0.4, -0.2) is 11.2 Å². The summed E-state index contributed by atoms with van der Waals surface area (Å²) in [5.74, 6) is 1.23. The number of furan rings is 1. The first kappa shape index (κ1) is 16.1. The highest BCUT2D eigenvalue weighted by atomic mass is 35.5. The van der Waals surface area contributed by atoms with Crippen LogP contribution in [0.3, 0.4) is 0 Å². The quantitative estimate of drug-likeness (QED) is 0.329. The molecular formula is C18H11Cl2N3OS. The molecule has 0 atom stereocenters. The number of thiazole rings is 1. The zero-order valence-electron chi connectivity index (χ0n) is 12.7. The van der Waals surface area contributed by atoms with E-state index in [1.807, 2.05) is 36.4 Å². The lowest BCUT2D eigenvalue weighted by Gasteiger charge is -2.00. The number of benzene rings is 2. The first-order valence-corrected chi connectivity index (χ1v) is 8.96. The molecule has 4 aromatic rings. The molecule has 0 unspecified atom stereocenters. The van der Waals surface area contributed by atoms with Crippen LogP contribution >= 0.6 is 34.5 Å². The molecule has 7 heteroatoms. The fraction of sp³-hybridized carbons (Fsp3) is 0. The van der Waals surface area contributed by atoms with Crippen molar-refractivity contribution in [3.8, 4) is 11.3 Å². The zero-order chi connectivity index (χ0) is 17.2. The molecule has 0 bridgehead atoms. The van der Waals surface area contributed by atoms with Crippen molar-refractivity contribution in [2.75, 3.05) is 5.43 Å². The van der Waals surface area contributed by atoms with Crippen LogP contribution in [0.1, 0.15) is 5.76 Å². The van der Waals surface area contributed by atoms with Crippen LogP contribution in [0.25, 0.3) is 21.5 Å². The van der Waals surface area contributed by atoms with E-state index in [2.05, 4.69) is 15.5 Å². The standard InChI is InChI=1S/C18H11Cl2N3OS/c19-11-5-7-14(20)13(9-11)16-8-6-12(24-16)10-21-23-18-22-15-3-1-2-4-17(15)25-18/h1-10H,(H,22,23). The Hall–Kier alpha value is -2.34. The van der Waals surface area contributed by atoms with Gasteiger partial charge in [-0.1, -0.05) is 46.7 Å². The van der Waals surface area contributed by atoms with Gasteiger partial charge in [-0.05, 0) is 42.5 Å². The molecule has 0 radical (unpaired) electrons. The second-order valence-electron chi connectivity index (χ2n) is 5.18. The number of aromatic nitrogens is 1. The first-order valence-electron chi connectivity index (χ1n) is 7.39. The number of fused-ring (bicyclic) bond motifs is 1. The monoisotopic (exact) mass is 387 g/mol. The normalized spacial score (nSPS) is 11.4. The summed E-state index contributed by atoms with van der Waals surface area (Å²) in [5, 5.41) is 6.08. The zero-order valence-corrected chi connectivity index (χ0v) is 15.1. The molecule has 2 aromatic heterocycles. The van der Waals surface area contributed by atoms with Gasteiger partial charge < -0.3 is 4.42 Å². The van der Waals surface area contributed by atoms with Gasteiger partial charge in [-0.15, -0.1) is 0 Å². The molecule has 0 aliphatic carbocycles. The number of anilines is 1. The van der Waals surface area contributed by atoms with Crippen LogP contribution in [-0.2, 0) is 0 Å². The summed E-state index contributed by atoms with van der Waals surface area (Å²) >= 11 is 13.7. The molecule has 0 spiro atoms. The van der Waals surface area contributed by atoms with Crippen LogP contribution in [0.15, 0.2) is 64.1 Å². The summed E-state index contributed by atoms with van der Waals surface area (Å²) in [6, 6.07) is 16.8. The first-order chi connectivity index (χ1) is 12.2. The number of halogens is 2. The highest BCUT2D eigenvalue weighted by Gasteiger charge is 2.09. The van der Waals surface area contributed by atoms with Crippen molar-refractivity contribution in [3.05, 3.63) is 70.4 Å². The average Bonchev–Trinajstić information content (AvgIpc) is 3.23. The van der Waals surface area contributed by atoms with Crippen molar-refractivity contribution in [1.29, 1.82) is 0 Å². The van der Waals surface area contributed by atoms with Gasteiger partial charge in [0.25, 0.3) is 0 Å². The number of nitrogens with one attached hydrogen (secondary N) is 1. The smallest absolute Gasteiger partial charge is 0.204 e. The SMILES string of the molecule is Clc1ccc(Cl)c(-c2ccc(C=NNc3nc4ccccc4s3)o2)c1. The van der Waals surface area contributed by atoms with Crippen molar-refractivity contribution in [1.82, 2.24) is 4.98 Å². The molecule has 0 aliphatic rings. The van der Waals surface area contributed by atoms with Crippen LogP contribution in [0.4, 0.5) is 5.13 Å². The van der Waals surface area contributed by atoms with Gasteiger partial charge in [0.15, 0.2) is 0 Å². The van der Waals surface area contributed by atoms with E-state index < -0.39 is 0 Å². The van der Waals surface area contributed by atoms with Gasteiger partial charge >= 0.3 is 0 Å². The van der Waals surface area contributed by atoms with Gasteiger partial charge in [-0.3, -0.25) is 5.43 Å². The summed E-state index contributed by atoms with van der Waals surface area (Å²) in [6.07, 6.45) is 1.59. The third kappa shape index (κ3) is 3.54. The Morgan fingerprint density at radius 3 is 2.84 bits per heavy atom. The van der Waals surface area contributed by atoms with E-state index in [0.29, 0.717) is 21.6 Å². The molecule has 0 saturated heterocycles. The minimum atomic E-state index is 0.579. The Morgan fingerprint density at radius 2 is 1.96 bits per heavy atom. The van der Waals surface area contributed by atoms with Crippen molar-refractivity contribution < 1.29 is 4.42 Å². The fourth-order valence-electron chi connectivity index (χ4n) is 2.32. The molecule has 2 heterocycles. The number of para-hydroxylation sites is 1. The molecule has 25 heavy (non-hydrogen) atoms. The Bertz CT molecular complexity index is 1040. The van der Waals surface area contributed by atoms with Gasteiger partial charge in [0, 0.05) is 10.6 Å². The van der Waals surface area contributed by atoms with E-state index in [1.54, 1.807) is 24.4 Å². The number of hydrogen-bond acceptors (Lipinski definition) is 5. The van der Waals surface area contributed by atoms with Crippen molar-refractivity contribution in [2.45, 2.75) is 0 Å². The molecule has 0 fully saturated rings. The predicted molar refractivity (Wildman–Crippen MR) is 105 cm³/mol. The molecular weight excluding hydrogens is 377 g/mol. The topological polar surface area (TPSA) is 50.4 Å². The van der Waals surface area contributed by atoms with Gasteiger partial charge in [0.1, 0.15) is 11.5 Å². The van der Waals surface area contributed by atoms with Crippen molar-refractivity contribution >= 4 is 56.1 Å². The molecule has 0 amide bonds. The summed E-state index contributed by atoms with van der Waals surface area (Å²) in [6.45, 7) is 0. The number of nitrogens with zero attached hydrogens (tertiary/aromatic N) is 2. The predicted octanol–water partition coefficient (Wildman–Crippen LogP) is 6.31. The van der Waals surface area contributed by atoms with E-state index >= 15 is 0 Å². The third-order valence-corrected chi connectivity index (χ3v) is 4.97. The Balaban J connectivity index is 1.50. The Labute approximate surface area is 157 Å². The van der Waals surface area contributed by atoms with Gasteiger partial charge in [0.05, 0.1) is 21.5 Å². The highest BCUT2D eigenvalue weighted by molar-refractivity contribution is 7.22. The summed E-state index contributed by atoms with van der Waals surface area (Å²) in [7, 11) is 0. The summed E-state index contributed by atoms with van der Waals surface area (Å²) < 4.78 is 6.86. The molecule has 4 nitrogen and oxygen atoms in total. The van der Waals surface area contributed by atoms with Crippen LogP contribution in [0.2, 0.25) is 10.0 Å². The number of hydrazone groups is 1. The second-order valence-corrected chi connectivity index (χ2v) is 7.06. The maximum absolute atomic E-state index is 6.19. The van der Waals surface area contributed by atoms with Crippen molar-refractivity contribution in [2.24, 2.45) is 5.10 Å². The maximum Gasteiger partial charge on any atom is 0.204 e.